The number of anilines is 3. The molecule has 132 valence electrons. The molecule has 0 radical (unpaired) electrons. The van der Waals surface area contributed by atoms with Crippen molar-refractivity contribution in [2.24, 2.45) is 5.73 Å². The van der Waals surface area contributed by atoms with Crippen LogP contribution in [0.25, 0.3) is 0 Å². The zero-order valence-electron chi connectivity index (χ0n) is 14.1. The summed E-state index contributed by atoms with van der Waals surface area (Å²) in [5.74, 6) is -0.245. The number of carbonyl (C=O) groups is 1. The van der Waals surface area contributed by atoms with Crippen molar-refractivity contribution < 1.29 is 4.79 Å². The van der Waals surface area contributed by atoms with Gasteiger partial charge in [-0.05, 0) is 37.3 Å². The van der Waals surface area contributed by atoms with E-state index in [2.05, 4.69) is 26.3 Å². The van der Waals surface area contributed by atoms with E-state index in [4.69, 9.17) is 11.5 Å². The first-order valence-electron chi connectivity index (χ1n) is 8.15. The number of aromatic nitrogens is 2. The van der Waals surface area contributed by atoms with Crippen molar-refractivity contribution in [3.05, 3.63) is 36.3 Å². The Bertz CT molecular complexity index is 761. The van der Waals surface area contributed by atoms with E-state index in [9.17, 15) is 4.79 Å². The van der Waals surface area contributed by atoms with Gasteiger partial charge in [0.1, 0.15) is 0 Å². The Labute approximate surface area is 151 Å². The van der Waals surface area contributed by atoms with E-state index in [0.29, 0.717) is 0 Å². The Hall–Kier alpha value is -2.32. The van der Waals surface area contributed by atoms with Gasteiger partial charge in [0.2, 0.25) is 0 Å². The molecule has 1 aromatic heterocycles. The third kappa shape index (κ3) is 4.02. The van der Waals surface area contributed by atoms with E-state index in [1.54, 1.807) is 11.8 Å². The SMILES string of the molecule is CSc1ccc(N2CCC(N)CC2)c(NC(=O)c2nccnc2N)c1. The number of carbonyl (C=O) groups excluding carboxylic acids is 1. The molecule has 1 saturated heterocycles. The average Bonchev–Trinajstić information content (AvgIpc) is 2.63. The van der Waals surface area contributed by atoms with E-state index in [-0.39, 0.29) is 23.5 Å². The summed E-state index contributed by atoms with van der Waals surface area (Å²) in [6, 6.07) is 6.32. The van der Waals surface area contributed by atoms with Crippen LogP contribution in [0.5, 0.6) is 0 Å². The number of nitrogens with one attached hydrogen (secondary N) is 1. The molecule has 2 aromatic rings. The molecule has 0 atom stereocenters. The first-order chi connectivity index (χ1) is 12.1. The number of piperidine rings is 1. The Morgan fingerprint density at radius 2 is 2.00 bits per heavy atom. The van der Waals surface area contributed by atoms with Crippen molar-refractivity contribution in [3.63, 3.8) is 0 Å². The molecule has 7 nitrogen and oxygen atoms in total. The van der Waals surface area contributed by atoms with E-state index >= 15 is 0 Å². The van der Waals surface area contributed by atoms with Gasteiger partial charge in [0.05, 0.1) is 11.4 Å². The lowest BCUT2D eigenvalue weighted by Crippen LogP contribution is -2.40. The topological polar surface area (TPSA) is 110 Å². The molecule has 5 N–H and O–H groups in total. The van der Waals surface area contributed by atoms with Crippen molar-refractivity contribution in [1.82, 2.24) is 9.97 Å². The summed E-state index contributed by atoms with van der Waals surface area (Å²) in [5.41, 5.74) is 13.6. The van der Waals surface area contributed by atoms with Crippen molar-refractivity contribution in [2.75, 3.05) is 35.3 Å². The van der Waals surface area contributed by atoms with Gasteiger partial charge < -0.3 is 21.7 Å². The molecule has 0 spiro atoms. The van der Waals surface area contributed by atoms with E-state index < -0.39 is 0 Å². The largest absolute Gasteiger partial charge is 0.382 e. The molecule has 1 aromatic carbocycles. The minimum atomic E-state index is -0.362. The van der Waals surface area contributed by atoms with E-state index in [1.165, 1.54) is 12.4 Å². The van der Waals surface area contributed by atoms with Gasteiger partial charge in [-0.15, -0.1) is 11.8 Å². The molecule has 25 heavy (non-hydrogen) atoms. The molecule has 1 amide bonds. The number of rotatable bonds is 4. The van der Waals surface area contributed by atoms with Crippen LogP contribution in [0, 0.1) is 0 Å². The number of hydrogen-bond acceptors (Lipinski definition) is 7. The monoisotopic (exact) mass is 358 g/mol. The predicted octanol–water partition coefficient (Wildman–Crippen LogP) is 1.96. The Morgan fingerprint density at radius 3 is 2.68 bits per heavy atom. The third-order valence-electron chi connectivity index (χ3n) is 4.27. The van der Waals surface area contributed by atoms with Crippen LogP contribution in [0.4, 0.5) is 17.2 Å². The summed E-state index contributed by atoms with van der Waals surface area (Å²) < 4.78 is 0. The predicted molar refractivity (Wildman–Crippen MR) is 102 cm³/mol. The first-order valence-corrected chi connectivity index (χ1v) is 9.37. The number of nitrogens with two attached hydrogens (primary N) is 2. The standard InChI is InChI=1S/C17H22N6OS/c1-25-12-2-3-14(23-8-4-11(18)5-9-23)13(10-12)22-17(24)15-16(19)21-7-6-20-15/h2-3,6-7,10-11H,4-5,8-9,18H2,1H3,(H2,19,21)(H,22,24). The fraction of sp³-hybridized carbons (Fsp3) is 0.353. The summed E-state index contributed by atoms with van der Waals surface area (Å²) in [6.45, 7) is 1.74. The molecule has 1 aliphatic rings. The lowest BCUT2D eigenvalue weighted by atomic mass is 10.0. The molecule has 0 bridgehead atoms. The first kappa shape index (κ1) is 17.5. The number of nitrogens with zero attached hydrogens (tertiary/aromatic N) is 3. The fourth-order valence-electron chi connectivity index (χ4n) is 2.86. The maximum absolute atomic E-state index is 12.6. The lowest BCUT2D eigenvalue weighted by Gasteiger charge is -2.33. The smallest absolute Gasteiger partial charge is 0.278 e. The molecular weight excluding hydrogens is 336 g/mol. The molecule has 2 heterocycles. The van der Waals surface area contributed by atoms with Crippen molar-refractivity contribution >= 4 is 34.9 Å². The molecule has 1 aliphatic heterocycles. The maximum Gasteiger partial charge on any atom is 0.278 e. The third-order valence-corrected chi connectivity index (χ3v) is 5.00. The highest BCUT2D eigenvalue weighted by Crippen LogP contribution is 2.32. The highest BCUT2D eigenvalue weighted by molar-refractivity contribution is 7.98. The van der Waals surface area contributed by atoms with Crippen LogP contribution >= 0.6 is 11.8 Å². The number of amides is 1. The van der Waals surface area contributed by atoms with E-state index in [0.717, 1.165) is 42.2 Å². The molecule has 0 unspecified atom stereocenters. The molecule has 1 fully saturated rings. The maximum atomic E-state index is 12.6. The van der Waals surface area contributed by atoms with Gasteiger partial charge in [-0.3, -0.25) is 4.79 Å². The van der Waals surface area contributed by atoms with Gasteiger partial charge in [-0.1, -0.05) is 0 Å². The summed E-state index contributed by atoms with van der Waals surface area (Å²) in [6.07, 6.45) is 6.80. The van der Waals surface area contributed by atoms with Gasteiger partial charge in [0, 0.05) is 36.4 Å². The van der Waals surface area contributed by atoms with Crippen LogP contribution in [0.3, 0.4) is 0 Å². The summed E-state index contributed by atoms with van der Waals surface area (Å²) in [7, 11) is 0. The summed E-state index contributed by atoms with van der Waals surface area (Å²) >= 11 is 1.62. The second-order valence-electron chi connectivity index (χ2n) is 5.95. The quantitative estimate of drug-likeness (QED) is 0.717. The molecular formula is C17H22N6OS. The Balaban J connectivity index is 1.88. The Morgan fingerprint density at radius 1 is 1.28 bits per heavy atom. The number of hydrogen-bond donors (Lipinski definition) is 3. The minimum absolute atomic E-state index is 0.117. The van der Waals surface area contributed by atoms with Crippen molar-refractivity contribution in [2.45, 2.75) is 23.8 Å². The highest BCUT2D eigenvalue weighted by atomic mass is 32.2. The molecule has 3 rings (SSSR count). The average molecular weight is 358 g/mol. The van der Waals surface area contributed by atoms with Crippen LogP contribution in [0.15, 0.2) is 35.5 Å². The zero-order valence-corrected chi connectivity index (χ0v) is 14.9. The fourth-order valence-corrected chi connectivity index (χ4v) is 3.30. The van der Waals surface area contributed by atoms with Crippen LogP contribution in [0.2, 0.25) is 0 Å². The van der Waals surface area contributed by atoms with Crippen molar-refractivity contribution in [3.8, 4) is 0 Å². The normalized spacial score (nSPS) is 15.2. The molecule has 0 saturated carbocycles. The Kier molecular flexibility index (Phi) is 5.40. The molecule has 0 aliphatic carbocycles. The van der Waals surface area contributed by atoms with E-state index in [1.807, 2.05) is 18.4 Å². The summed E-state index contributed by atoms with van der Waals surface area (Å²) in [4.78, 5) is 23.9. The highest BCUT2D eigenvalue weighted by Gasteiger charge is 2.21. The second kappa shape index (κ2) is 7.71. The van der Waals surface area contributed by atoms with Gasteiger partial charge in [-0.25, -0.2) is 9.97 Å². The number of nitrogen functional groups attached to an aromatic ring is 1. The van der Waals surface area contributed by atoms with Crippen LogP contribution in [-0.2, 0) is 0 Å². The second-order valence-corrected chi connectivity index (χ2v) is 6.83. The number of thioether (sulfide) groups is 1. The van der Waals surface area contributed by atoms with Crippen LogP contribution < -0.4 is 21.7 Å². The van der Waals surface area contributed by atoms with Gasteiger partial charge >= 0.3 is 0 Å². The van der Waals surface area contributed by atoms with Crippen LogP contribution in [0.1, 0.15) is 23.3 Å². The zero-order chi connectivity index (χ0) is 17.8. The number of benzene rings is 1. The van der Waals surface area contributed by atoms with Gasteiger partial charge in [0.15, 0.2) is 11.5 Å². The van der Waals surface area contributed by atoms with Gasteiger partial charge in [0.25, 0.3) is 5.91 Å². The lowest BCUT2D eigenvalue weighted by molar-refractivity contribution is 0.102. The molecule has 8 heteroatoms. The van der Waals surface area contributed by atoms with Crippen LogP contribution in [-0.4, -0.2) is 41.3 Å². The van der Waals surface area contributed by atoms with Crippen molar-refractivity contribution in [1.29, 1.82) is 0 Å². The van der Waals surface area contributed by atoms with Gasteiger partial charge in [-0.2, -0.15) is 0 Å². The minimum Gasteiger partial charge on any atom is -0.382 e. The summed E-state index contributed by atoms with van der Waals surface area (Å²) in [5, 5.41) is 2.94.